The molecular formula is C12H19N3O2S2. The normalized spacial score (nSPS) is 23.5. The number of benzene rings is 1. The third kappa shape index (κ3) is 3.42. The Morgan fingerprint density at radius 2 is 1.95 bits per heavy atom. The lowest BCUT2D eigenvalue weighted by Crippen LogP contribution is -2.38. The molecule has 7 heteroatoms. The van der Waals surface area contributed by atoms with Gasteiger partial charge >= 0.3 is 0 Å². The van der Waals surface area contributed by atoms with Gasteiger partial charge in [-0.15, -0.1) is 0 Å². The van der Waals surface area contributed by atoms with Gasteiger partial charge in [0.1, 0.15) is 0 Å². The maximum absolute atomic E-state index is 12.3. The molecule has 0 aromatic heterocycles. The van der Waals surface area contributed by atoms with Crippen molar-refractivity contribution < 1.29 is 8.42 Å². The number of anilines is 1. The summed E-state index contributed by atoms with van der Waals surface area (Å²) in [4.78, 5) is 0.276. The first-order valence-electron chi connectivity index (χ1n) is 6.18. The Labute approximate surface area is 118 Å². The molecule has 19 heavy (non-hydrogen) atoms. The van der Waals surface area contributed by atoms with Crippen LogP contribution in [0.15, 0.2) is 29.2 Å². The second-order valence-electron chi connectivity index (χ2n) is 4.60. The highest BCUT2D eigenvalue weighted by Crippen LogP contribution is 2.29. The van der Waals surface area contributed by atoms with Crippen LogP contribution >= 0.6 is 11.8 Å². The molecule has 0 bridgehead atoms. The zero-order valence-electron chi connectivity index (χ0n) is 10.8. The van der Waals surface area contributed by atoms with Crippen molar-refractivity contribution in [1.82, 2.24) is 4.72 Å². The van der Waals surface area contributed by atoms with Crippen LogP contribution in [0.3, 0.4) is 0 Å². The van der Waals surface area contributed by atoms with E-state index in [2.05, 4.69) is 10.1 Å². The minimum absolute atomic E-state index is 0.0345. The highest BCUT2D eigenvalue weighted by atomic mass is 32.2. The van der Waals surface area contributed by atoms with Gasteiger partial charge in [-0.25, -0.2) is 13.1 Å². The molecule has 1 fully saturated rings. The van der Waals surface area contributed by atoms with Crippen molar-refractivity contribution in [1.29, 1.82) is 0 Å². The lowest BCUT2D eigenvalue weighted by molar-refractivity contribution is 0.555. The van der Waals surface area contributed by atoms with E-state index < -0.39 is 10.0 Å². The van der Waals surface area contributed by atoms with E-state index in [-0.39, 0.29) is 10.9 Å². The Morgan fingerprint density at radius 3 is 2.53 bits per heavy atom. The molecule has 2 unspecified atom stereocenters. The van der Waals surface area contributed by atoms with Gasteiger partial charge in [0.2, 0.25) is 10.0 Å². The summed E-state index contributed by atoms with van der Waals surface area (Å²) in [7, 11) is -3.44. The number of thioether (sulfide) groups is 1. The number of hydrogen-bond acceptors (Lipinski definition) is 5. The van der Waals surface area contributed by atoms with E-state index in [1.165, 1.54) is 0 Å². The van der Waals surface area contributed by atoms with E-state index in [0.29, 0.717) is 10.9 Å². The molecule has 0 amide bonds. The molecule has 1 aromatic rings. The van der Waals surface area contributed by atoms with Crippen molar-refractivity contribution in [2.24, 2.45) is 5.84 Å². The Morgan fingerprint density at radius 1 is 1.26 bits per heavy atom. The Hall–Kier alpha value is -0.760. The first-order chi connectivity index (χ1) is 9.06. The molecule has 4 N–H and O–H groups in total. The fraction of sp³-hybridized carbons (Fsp3) is 0.500. The number of nitrogens with two attached hydrogens (primary N) is 1. The molecule has 0 aliphatic heterocycles. The van der Waals surface area contributed by atoms with Crippen molar-refractivity contribution in [3.63, 3.8) is 0 Å². The fourth-order valence-electron chi connectivity index (χ4n) is 2.34. The predicted octanol–water partition coefficient (Wildman–Crippen LogP) is 1.53. The third-order valence-corrected chi connectivity index (χ3v) is 6.07. The molecule has 0 radical (unpaired) electrons. The lowest BCUT2D eigenvalue weighted by atomic mass is 10.3. The molecule has 2 rings (SSSR count). The number of rotatable bonds is 5. The highest BCUT2D eigenvalue weighted by molar-refractivity contribution is 7.99. The van der Waals surface area contributed by atoms with Gasteiger partial charge in [0.25, 0.3) is 0 Å². The molecule has 1 aliphatic rings. The van der Waals surface area contributed by atoms with Gasteiger partial charge in [-0.3, -0.25) is 5.84 Å². The number of hydrazine groups is 1. The molecule has 2 atom stereocenters. The average Bonchev–Trinajstić information content (AvgIpc) is 2.85. The second-order valence-corrected chi connectivity index (χ2v) is 7.39. The standard InChI is InChI=1S/C12H19N3O2S2/c1-18-12-4-2-3-11(12)15-19(16,17)10-7-5-9(14-13)6-8-10/h5-8,11-12,14-15H,2-4,13H2,1H3. The van der Waals surface area contributed by atoms with E-state index in [9.17, 15) is 8.42 Å². The van der Waals surface area contributed by atoms with Crippen LogP contribution in [-0.4, -0.2) is 26.0 Å². The maximum atomic E-state index is 12.3. The van der Waals surface area contributed by atoms with Crippen molar-refractivity contribution in [2.45, 2.75) is 35.4 Å². The monoisotopic (exact) mass is 301 g/mol. The molecule has 0 spiro atoms. The fourth-order valence-corrected chi connectivity index (χ4v) is 4.67. The van der Waals surface area contributed by atoms with Crippen LogP contribution in [-0.2, 0) is 10.0 Å². The predicted molar refractivity (Wildman–Crippen MR) is 79.5 cm³/mol. The van der Waals surface area contributed by atoms with E-state index in [1.54, 1.807) is 36.0 Å². The quantitative estimate of drug-likeness (QED) is 0.567. The average molecular weight is 301 g/mol. The van der Waals surface area contributed by atoms with Gasteiger partial charge in [0.05, 0.1) is 4.90 Å². The summed E-state index contributed by atoms with van der Waals surface area (Å²) in [5.41, 5.74) is 3.16. The van der Waals surface area contributed by atoms with E-state index in [1.807, 2.05) is 6.26 Å². The van der Waals surface area contributed by atoms with Gasteiger partial charge in [0.15, 0.2) is 0 Å². The van der Waals surface area contributed by atoms with Crippen molar-refractivity contribution in [2.75, 3.05) is 11.7 Å². The summed E-state index contributed by atoms with van der Waals surface area (Å²) < 4.78 is 27.4. The summed E-state index contributed by atoms with van der Waals surface area (Å²) in [6.07, 6.45) is 5.09. The molecule has 0 heterocycles. The van der Waals surface area contributed by atoms with E-state index in [4.69, 9.17) is 5.84 Å². The van der Waals surface area contributed by atoms with Crippen LogP contribution < -0.4 is 16.0 Å². The van der Waals surface area contributed by atoms with Gasteiger partial charge < -0.3 is 5.43 Å². The summed E-state index contributed by atoms with van der Waals surface area (Å²) in [6.45, 7) is 0. The largest absolute Gasteiger partial charge is 0.324 e. The van der Waals surface area contributed by atoms with Crippen LogP contribution in [0.5, 0.6) is 0 Å². The summed E-state index contributed by atoms with van der Waals surface area (Å²) in [6, 6.07) is 6.44. The smallest absolute Gasteiger partial charge is 0.240 e. The number of hydrogen-bond donors (Lipinski definition) is 3. The zero-order chi connectivity index (χ0) is 13.9. The number of nitrogens with one attached hydrogen (secondary N) is 2. The molecule has 0 saturated heterocycles. The number of sulfonamides is 1. The Kier molecular flexibility index (Phi) is 4.72. The Balaban J connectivity index is 2.13. The summed E-state index contributed by atoms with van der Waals surface area (Å²) in [5.74, 6) is 5.26. The Bertz CT molecular complexity index is 516. The molecule has 106 valence electrons. The van der Waals surface area contributed by atoms with Gasteiger partial charge in [0, 0.05) is 17.0 Å². The summed E-state index contributed by atoms with van der Waals surface area (Å²) >= 11 is 1.73. The first kappa shape index (κ1) is 14.6. The maximum Gasteiger partial charge on any atom is 0.240 e. The summed E-state index contributed by atoms with van der Waals surface area (Å²) in [5, 5.41) is 0.375. The van der Waals surface area contributed by atoms with Crippen molar-refractivity contribution in [3.8, 4) is 0 Å². The minimum Gasteiger partial charge on any atom is -0.324 e. The van der Waals surface area contributed by atoms with Crippen molar-refractivity contribution >= 4 is 27.5 Å². The topological polar surface area (TPSA) is 84.2 Å². The molecule has 1 saturated carbocycles. The molecule has 5 nitrogen and oxygen atoms in total. The minimum atomic E-state index is -3.44. The van der Waals surface area contributed by atoms with Gasteiger partial charge in [-0.2, -0.15) is 11.8 Å². The van der Waals surface area contributed by atoms with Crippen molar-refractivity contribution in [3.05, 3.63) is 24.3 Å². The van der Waals surface area contributed by atoms with E-state index >= 15 is 0 Å². The molecule has 1 aromatic carbocycles. The second kappa shape index (κ2) is 6.13. The molecule has 1 aliphatic carbocycles. The van der Waals surface area contributed by atoms with Crippen LogP contribution in [0.1, 0.15) is 19.3 Å². The van der Waals surface area contributed by atoms with Crippen LogP contribution in [0.2, 0.25) is 0 Å². The van der Waals surface area contributed by atoms with Gasteiger partial charge in [-0.05, 0) is 43.4 Å². The van der Waals surface area contributed by atoms with Crippen LogP contribution in [0.4, 0.5) is 5.69 Å². The van der Waals surface area contributed by atoms with E-state index in [0.717, 1.165) is 19.3 Å². The first-order valence-corrected chi connectivity index (χ1v) is 8.96. The van der Waals surface area contributed by atoms with Crippen LogP contribution in [0.25, 0.3) is 0 Å². The third-order valence-electron chi connectivity index (χ3n) is 3.39. The molecular weight excluding hydrogens is 282 g/mol. The van der Waals surface area contributed by atoms with Gasteiger partial charge in [-0.1, -0.05) is 6.42 Å². The SMILES string of the molecule is CSC1CCCC1NS(=O)(=O)c1ccc(NN)cc1. The number of nitrogen functional groups attached to an aromatic ring is 1. The highest BCUT2D eigenvalue weighted by Gasteiger charge is 2.30. The zero-order valence-corrected chi connectivity index (χ0v) is 12.4. The van der Waals surface area contributed by atoms with Crippen LogP contribution in [0, 0.1) is 0 Å². The lowest BCUT2D eigenvalue weighted by Gasteiger charge is -2.19.